The molecule has 3 aromatic heterocycles. The molecule has 0 bridgehead atoms. The second-order valence-corrected chi connectivity index (χ2v) is 8.81. The molecule has 1 atom stereocenters. The Morgan fingerprint density at radius 2 is 1.97 bits per heavy atom. The molecule has 1 aliphatic rings. The number of aryl methyl sites for hydroxylation is 2. The minimum Gasteiger partial charge on any atom is -0.338 e. The molecule has 0 amide bonds. The zero-order valence-corrected chi connectivity index (χ0v) is 18.8. The lowest BCUT2D eigenvalue weighted by Gasteiger charge is -2.31. The van der Waals surface area contributed by atoms with E-state index >= 15 is 0 Å². The van der Waals surface area contributed by atoms with Crippen LogP contribution in [0.3, 0.4) is 0 Å². The molecular formula is C24H28N6O2. The average molecular weight is 433 g/mol. The van der Waals surface area contributed by atoms with Crippen molar-refractivity contribution in [2.45, 2.75) is 59.2 Å². The monoisotopic (exact) mass is 432 g/mol. The summed E-state index contributed by atoms with van der Waals surface area (Å²) in [5, 5.41) is 8.69. The number of benzene rings is 1. The molecule has 1 aliphatic heterocycles. The first kappa shape index (κ1) is 20.6. The molecule has 8 heteroatoms. The summed E-state index contributed by atoms with van der Waals surface area (Å²) in [4.78, 5) is 20.0. The van der Waals surface area contributed by atoms with Crippen LogP contribution >= 0.6 is 0 Å². The highest BCUT2D eigenvalue weighted by atomic mass is 16.5. The zero-order chi connectivity index (χ0) is 22.2. The number of nitrogens with zero attached hydrogens (tertiary/aromatic N) is 6. The number of fused-ring (bicyclic) bond motifs is 1. The van der Waals surface area contributed by atoms with Crippen LogP contribution in [0.5, 0.6) is 0 Å². The van der Waals surface area contributed by atoms with Gasteiger partial charge < -0.3 is 9.09 Å². The highest BCUT2D eigenvalue weighted by Gasteiger charge is 2.21. The molecule has 4 aromatic rings. The molecule has 166 valence electrons. The van der Waals surface area contributed by atoms with E-state index in [1.165, 1.54) is 30.4 Å². The topological polar surface area (TPSA) is 81.5 Å². The maximum atomic E-state index is 13.1. The molecular weight excluding hydrogens is 404 g/mol. The zero-order valence-electron chi connectivity index (χ0n) is 18.8. The van der Waals surface area contributed by atoms with Crippen molar-refractivity contribution < 1.29 is 4.52 Å². The van der Waals surface area contributed by atoms with Crippen molar-refractivity contribution in [2.24, 2.45) is 0 Å². The van der Waals surface area contributed by atoms with Gasteiger partial charge in [0.1, 0.15) is 5.52 Å². The van der Waals surface area contributed by atoms with Crippen LogP contribution in [0.2, 0.25) is 0 Å². The van der Waals surface area contributed by atoms with Gasteiger partial charge in [0, 0.05) is 24.0 Å². The molecule has 0 spiro atoms. The lowest BCUT2D eigenvalue weighted by molar-refractivity contribution is 0.135. The Hall–Kier alpha value is -3.26. The van der Waals surface area contributed by atoms with Gasteiger partial charge in [0.25, 0.3) is 5.56 Å². The van der Waals surface area contributed by atoms with Crippen molar-refractivity contribution in [1.82, 2.24) is 29.2 Å². The van der Waals surface area contributed by atoms with E-state index in [9.17, 15) is 4.79 Å². The molecule has 0 saturated carbocycles. The van der Waals surface area contributed by atoms with Crippen LogP contribution in [-0.4, -0.2) is 41.8 Å². The maximum Gasteiger partial charge on any atom is 0.277 e. The number of likely N-dealkylation sites (tertiary alicyclic amines) is 1. The Morgan fingerprint density at radius 1 is 1.09 bits per heavy atom. The number of hydrogen-bond acceptors (Lipinski definition) is 6. The van der Waals surface area contributed by atoms with Crippen LogP contribution < -0.4 is 5.56 Å². The Balaban J connectivity index is 1.37. The maximum absolute atomic E-state index is 13.1. The summed E-state index contributed by atoms with van der Waals surface area (Å²) < 4.78 is 8.69. The molecule has 0 unspecified atom stereocenters. The van der Waals surface area contributed by atoms with Gasteiger partial charge in [0.05, 0.1) is 18.8 Å². The quantitative estimate of drug-likeness (QED) is 0.479. The molecule has 1 aromatic carbocycles. The molecule has 0 radical (unpaired) electrons. The van der Waals surface area contributed by atoms with Gasteiger partial charge in [-0.05, 0) is 63.4 Å². The van der Waals surface area contributed by atoms with Crippen molar-refractivity contribution in [3.8, 4) is 11.3 Å². The van der Waals surface area contributed by atoms with Gasteiger partial charge in [-0.1, -0.05) is 23.7 Å². The standard InChI is InChI=1S/C24H28N6O2/c1-16-7-8-19(12-17(16)2)20-13-21-24(31)29(10-11-30(21)26-20)14-22-25-23(32-27-22)15-28-9-5-4-6-18(28)3/h7-8,10-13,18H,4-6,9,14-15H2,1-3H3/t18-/m1/s1. The lowest BCUT2D eigenvalue weighted by Crippen LogP contribution is -2.36. The number of rotatable bonds is 5. The van der Waals surface area contributed by atoms with Gasteiger partial charge in [-0.2, -0.15) is 10.1 Å². The van der Waals surface area contributed by atoms with Crippen LogP contribution in [-0.2, 0) is 13.1 Å². The summed E-state index contributed by atoms with van der Waals surface area (Å²) in [5.41, 5.74) is 4.59. The second kappa shape index (κ2) is 8.35. The smallest absolute Gasteiger partial charge is 0.277 e. The van der Waals surface area contributed by atoms with Crippen molar-refractivity contribution in [1.29, 1.82) is 0 Å². The van der Waals surface area contributed by atoms with E-state index in [0.717, 1.165) is 17.8 Å². The summed E-state index contributed by atoms with van der Waals surface area (Å²) in [6.45, 7) is 8.37. The van der Waals surface area contributed by atoms with Crippen LogP contribution in [0.4, 0.5) is 0 Å². The molecule has 32 heavy (non-hydrogen) atoms. The first-order valence-corrected chi connectivity index (χ1v) is 11.2. The highest BCUT2D eigenvalue weighted by Crippen LogP contribution is 2.22. The minimum absolute atomic E-state index is 0.133. The summed E-state index contributed by atoms with van der Waals surface area (Å²) in [7, 11) is 0. The fraction of sp³-hybridized carbons (Fsp3) is 0.417. The fourth-order valence-corrected chi connectivity index (χ4v) is 4.33. The van der Waals surface area contributed by atoms with Gasteiger partial charge in [-0.15, -0.1) is 0 Å². The second-order valence-electron chi connectivity index (χ2n) is 8.81. The van der Waals surface area contributed by atoms with Gasteiger partial charge in [-0.25, -0.2) is 4.52 Å². The first-order valence-electron chi connectivity index (χ1n) is 11.2. The Kier molecular flexibility index (Phi) is 5.38. The third-order valence-corrected chi connectivity index (χ3v) is 6.51. The van der Waals surface area contributed by atoms with E-state index in [2.05, 4.69) is 53.0 Å². The molecule has 8 nitrogen and oxygen atoms in total. The molecule has 1 fully saturated rings. The molecule has 5 rings (SSSR count). The van der Waals surface area contributed by atoms with E-state index in [4.69, 9.17) is 4.52 Å². The molecule has 1 saturated heterocycles. The minimum atomic E-state index is -0.133. The number of hydrogen-bond donors (Lipinski definition) is 0. The van der Waals surface area contributed by atoms with E-state index in [0.29, 0.717) is 29.8 Å². The Bertz CT molecular complexity index is 1320. The van der Waals surface area contributed by atoms with E-state index < -0.39 is 0 Å². The predicted octanol–water partition coefficient (Wildman–Crippen LogP) is 3.59. The van der Waals surface area contributed by atoms with Crippen LogP contribution in [0, 0.1) is 13.8 Å². The predicted molar refractivity (Wildman–Crippen MR) is 121 cm³/mol. The van der Waals surface area contributed by atoms with Crippen molar-refractivity contribution in [2.75, 3.05) is 6.54 Å². The number of piperidine rings is 1. The fourth-order valence-electron chi connectivity index (χ4n) is 4.33. The van der Waals surface area contributed by atoms with Gasteiger partial charge in [0.2, 0.25) is 5.89 Å². The van der Waals surface area contributed by atoms with E-state index in [1.807, 2.05) is 12.1 Å². The third kappa shape index (κ3) is 3.98. The normalized spacial score (nSPS) is 17.3. The Morgan fingerprint density at radius 3 is 2.78 bits per heavy atom. The van der Waals surface area contributed by atoms with Crippen molar-refractivity contribution >= 4 is 5.52 Å². The van der Waals surface area contributed by atoms with Crippen LogP contribution in [0.15, 0.2) is 46.0 Å². The molecule has 0 N–H and O–H groups in total. The largest absolute Gasteiger partial charge is 0.338 e. The molecule has 0 aliphatic carbocycles. The van der Waals surface area contributed by atoms with Crippen LogP contribution in [0.1, 0.15) is 49.0 Å². The third-order valence-electron chi connectivity index (χ3n) is 6.51. The SMILES string of the molecule is Cc1ccc(-c2cc3c(=O)n(Cc4noc(CN5CCCC[C@H]5C)n4)ccn3n2)cc1C. The first-order chi connectivity index (χ1) is 15.5. The highest BCUT2D eigenvalue weighted by molar-refractivity contribution is 5.66. The molecule has 4 heterocycles. The summed E-state index contributed by atoms with van der Waals surface area (Å²) >= 11 is 0. The van der Waals surface area contributed by atoms with Gasteiger partial charge in [0.15, 0.2) is 5.82 Å². The van der Waals surface area contributed by atoms with Gasteiger partial charge in [-0.3, -0.25) is 9.69 Å². The van der Waals surface area contributed by atoms with E-state index in [-0.39, 0.29) is 12.1 Å². The van der Waals surface area contributed by atoms with Crippen molar-refractivity contribution in [3.05, 3.63) is 69.9 Å². The Labute approximate surface area is 186 Å². The summed E-state index contributed by atoms with van der Waals surface area (Å²) in [6, 6.07) is 8.57. The summed E-state index contributed by atoms with van der Waals surface area (Å²) in [6.07, 6.45) is 7.19. The van der Waals surface area contributed by atoms with Crippen molar-refractivity contribution in [3.63, 3.8) is 0 Å². The lowest BCUT2D eigenvalue weighted by atomic mass is 10.0. The van der Waals surface area contributed by atoms with Crippen LogP contribution in [0.25, 0.3) is 16.8 Å². The number of aromatic nitrogens is 5. The summed E-state index contributed by atoms with van der Waals surface area (Å²) in [5.74, 6) is 1.11. The van der Waals surface area contributed by atoms with Gasteiger partial charge >= 0.3 is 0 Å². The average Bonchev–Trinajstić information content (AvgIpc) is 3.41. The van der Waals surface area contributed by atoms with E-state index in [1.54, 1.807) is 21.5 Å².